The number of anilines is 2. The van der Waals surface area contributed by atoms with Crippen LogP contribution in [-0.4, -0.2) is 12.5 Å². The van der Waals surface area contributed by atoms with Crippen molar-refractivity contribution >= 4 is 17.3 Å². The van der Waals surface area contributed by atoms with Gasteiger partial charge in [-0.25, -0.2) is 4.39 Å². The third-order valence-corrected chi connectivity index (χ3v) is 7.45. The van der Waals surface area contributed by atoms with Gasteiger partial charge in [0.1, 0.15) is 5.82 Å². The Balaban J connectivity index is 1.39. The Labute approximate surface area is 205 Å². The van der Waals surface area contributed by atoms with Crippen LogP contribution in [0.3, 0.4) is 0 Å². The summed E-state index contributed by atoms with van der Waals surface area (Å²) in [6, 6.07) is 29.4. The molecular formula is C31H27FN2O. The Morgan fingerprint density at radius 1 is 0.914 bits per heavy atom. The van der Waals surface area contributed by atoms with E-state index in [1.165, 1.54) is 17.2 Å². The lowest BCUT2D eigenvalue weighted by Crippen LogP contribution is -2.36. The van der Waals surface area contributed by atoms with E-state index < -0.39 is 5.54 Å². The highest BCUT2D eigenvalue weighted by Gasteiger charge is 2.41. The van der Waals surface area contributed by atoms with Crippen molar-refractivity contribution in [3.63, 3.8) is 0 Å². The lowest BCUT2D eigenvalue weighted by atomic mass is 9.78. The molecule has 0 aromatic heterocycles. The first kappa shape index (κ1) is 21.6. The molecular weight excluding hydrogens is 435 g/mol. The van der Waals surface area contributed by atoms with E-state index in [0.29, 0.717) is 5.56 Å². The van der Waals surface area contributed by atoms with Gasteiger partial charge in [0.05, 0.1) is 5.54 Å². The van der Waals surface area contributed by atoms with Crippen molar-refractivity contribution in [2.45, 2.75) is 31.7 Å². The van der Waals surface area contributed by atoms with Gasteiger partial charge < -0.3 is 10.2 Å². The first-order valence-electron chi connectivity index (χ1n) is 12.2. The average Bonchev–Trinajstić information content (AvgIpc) is 3.28. The van der Waals surface area contributed by atoms with Crippen molar-refractivity contribution in [1.29, 1.82) is 0 Å². The molecule has 0 saturated heterocycles. The highest BCUT2D eigenvalue weighted by atomic mass is 19.1. The molecule has 0 saturated carbocycles. The third-order valence-electron chi connectivity index (χ3n) is 7.45. The van der Waals surface area contributed by atoms with E-state index in [1.807, 2.05) is 72.5 Å². The normalized spacial score (nSPS) is 18.5. The van der Waals surface area contributed by atoms with E-state index in [9.17, 15) is 9.18 Å². The van der Waals surface area contributed by atoms with Crippen LogP contribution in [0.4, 0.5) is 15.8 Å². The van der Waals surface area contributed by atoms with Gasteiger partial charge in [-0.05, 0) is 84.0 Å². The first-order chi connectivity index (χ1) is 17.0. The van der Waals surface area contributed by atoms with Gasteiger partial charge in [-0.2, -0.15) is 0 Å². The molecule has 3 nitrogen and oxygen atoms in total. The highest BCUT2D eigenvalue weighted by Crippen LogP contribution is 2.45. The van der Waals surface area contributed by atoms with Crippen LogP contribution in [0.2, 0.25) is 0 Å². The zero-order chi connectivity index (χ0) is 24.0. The molecule has 0 fully saturated rings. The summed E-state index contributed by atoms with van der Waals surface area (Å²) < 4.78 is 14.0. The van der Waals surface area contributed by atoms with E-state index in [-0.39, 0.29) is 11.7 Å². The maximum Gasteiger partial charge on any atom is 0.258 e. The number of hydrogen-bond acceptors (Lipinski definition) is 2. The van der Waals surface area contributed by atoms with Crippen molar-refractivity contribution in [1.82, 2.24) is 0 Å². The number of halogens is 1. The second kappa shape index (κ2) is 8.38. The summed E-state index contributed by atoms with van der Waals surface area (Å²) in [6.45, 7) is 2.68. The predicted octanol–water partition coefficient (Wildman–Crippen LogP) is 6.64. The summed E-state index contributed by atoms with van der Waals surface area (Å²) in [4.78, 5) is 15.4. The molecule has 0 radical (unpaired) electrons. The molecule has 1 amide bonds. The molecule has 0 aliphatic carbocycles. The highest BCUT2D eigenvalue weighted by molar-refractivity contribution is 6.06. The first-order valence-corrected chi connectivity index (χ1v) is 12.2. The van der Waals surface area contributed by atoms with Gasteiger partial charge in [0.25, 0.3) is 5.91 Å². The van der Waals surface area contributed by atoms with Crippen LogP contribution < -0.4 is 10.2 Å². The molecule has 4 heteroatoms. The lowest BCUT2D eigenvalue weighted by molar-refractivity contribution is 0.0985. The number of amides is 1. The molecule has 4 aromatic rings. The van der Waals surface area contributed by atoms with Gasteiger partial charge in [-0.15, -0.1) is 0 Å². The monoisotopic (exact) mass is 462 g/mol. The van der Waals surface area contributed by atoms with Gasteiger partial charge in [0.15, 0.2) is 0 Å². The molecule has 1 unspecified atom stereocenters. The SMILES string of the molecule is Cc1cc(F)ccc1C1(c2ccc(C(=O)N3CCCc4ccccc43)cc2)Cc2ccccc2N1. The van der Waals surface area contributed by atoms with Gasteiger partial charge >= 0.3 is 0 Å². The van der Waals surface area contributed by atoms with Crippen molar-refractivity contribution in [2.24, 2.45) is 0 Å². The number of carbonyl (C=O) groups is 1. The molecule has 0 spiro atoms. The molecule has 4 aromatic carbocycles. The van der Waals surface area contributed by atoms with E-state index in [2.05, 4.69) is 23.5 Å². The van der Waals surface area contributed by atoms with Crippen LogP contribution in [0, 0.1) is 12.7 Å². The predicted molar refractivity (Wildman–Crippen MR) is 139 cm³/mol. The standard InChI is InChI=1S/C31H27FN2O/c1-21-19-26(32)16-17-27(21)31(20-24-8-2-4-10-28(24)33-31)25-14-12-23(13-15-25)30(35)34-18-6-9-22-7-3-5-11-29(22)34/h2-5,7-8,10-17,19,33H,6,9,18,20H2,1H3. The van der Waals surface area contributed by atoms with Crippen molar-refractivity contribution in [3.05, 3.63) is 130 Å². The number of para-hydroxylation sites is 2. The van der Waals surface area contributed by atoms with E-state index >= 15 is 0 Å². The number of benzene rings is 4. The minimum Gasteiger partial charge on any atom is -0.371 e. The maximum atomic E-state index is 14.0. The quantitative estimate of drug-likeness (QED) is 0.370. The molecule has 174 valence electrons. The molecule has 0 bridgehead atoms. The fraction of sp³-hybridized carbons (Fsp3) is 0.194. The number of hydrogen-bond donors (Lipinski definition) is 1. The molecule has 6 rings (SSSR count). The number of carbonyl (C=O) groups excluding carboxylic acids is 1. The smallest absolute Gasteiger partial charge is 0.258 e. The Morgan fingerprint density at radius 3 is 2.43 bits per heavy atom. The number of aryl methyl sites for hydroxylation is 2. The van der Waals surface area contributed by atoms with Crippen LogP contribution in [-0.2, 0) is 18.4 Å². The van der Waals surface area contributed by atoms with Crippen LogP contribution in [0.25, 0.3) is 0 Å². The zero-order valence-electron chi connectivity index (χ0n) is 19.7. The minimum absolute atomic E-state index is 0.0263. The van der Waals surface area contributed by atoms with Crippen molar-refractivity contribution < 1.29 is 9.18 Å². The van der Waals surface area contributed by atoms with Gasteiger partial charge in [0.2, 0.25) is 0 Å². The largest absolute Gasteiger partial charge is 0.371 e. The van der Waals surface area contributed by atoms with Crippen LogP contribution >= 0.6 is 0 Å². The maximum absolute atomic E-state index is 14.0. The van der Waals surface area contributed by atoms with E-state index in [1.54, 1.807) is 6.07 Å². The Bertz CT molecular complexity index is 1400. The minimum atomic E-state index is -0.527. The van der Waals surface area contributed by atoms with Crippen LogP contribution in [0.5, 0.6) is 0 Å². The fourth-order valence-electron chi connectivity index (χ4n) is 5.75. The topological polar surface area (TPSA) is 32.3 Å². The number of nitrogens with zero attached hydrogens (tertiary/aromatic N) is 1. The molecule has 2 heterocycles. The number of rotatable bonds is 3. The van der Waals surface area contributed by atoms with Crippen molar-refractivity contribution in [3.8, 4) is 0 Å². The molecule has 2 aliphatic rings. The van der Waals surface area contributed by atoms with Crippen LogP contribution in [0.1, 0.15) is 44.6 Å². The van der Waals surface area contributed by atoms with Gasteiger partial charge in [0, 0.05) is 29.9 Å². The van der Waals surface area contributed by atoms with Gasteiger partial charge in [-0.1, -0.05) is 54.6 Å². The summed E-state index contributed by atoms with van der Waals surface area (Å²) in [5.74, 6) is -0.210. The molecule has 1 N–H and O–H groups in total. The third kappa shape index (κ3) is 3.61. The molecule has 35 heavy (non-hydrogen) atoms. The van der Waals surface area contributed by atoms with Crippen molar-refractivity contribution in [2.75, 3.05) is 16.8 Å². The van der Waals surface area contributed by atoms with Crippen LogP contribution in [0.15, 0.2) is 91.0 Å². The molecule has 2 aliphatic heterocycles. The average molecular weight is 463 g/mol. The summed E-state index contributed by atoms with van der Waals surface area (Å²) in [6.07, 6.45) is 2.73. The Kier molecular flexibility index (Phi) is 5.18. The second-order valence-corrected chi connectivity index (χ2v) is 9.59. The molecule has 1 atom stereocenters. The summed E-state index contributed by atoms with van der Waals surface area (Å²) in [5, 5.41) is 3.75. The summed E-state index contributed by atoms with van der Waals surface area (Å²) >= 11 is 0. The second-order valence-electron chi connectivity index (χ2n) is 9.59. The van der Waals surface area contributed by atoms with E-state index in [4.69, 9.17) is 0 Å². The Morgan fingerprint density at radius 2 is 1.66 bits per heavy atom. The summed E-state index contributed by atoms with van der Waals surface area (Å²) in [7, 11) is 0. The number of nitrogens with one attached hydrogen (secondary N) is 1. The summed E-state index contributed by atoms with van der Waals surface area (Å²) in [5.41, 5.74) is 7.69. The lowest BCUT2D eigenvalue weighted by Gasteiger charge is -2.33. The number of fused-ring (bicyclic) bond motifs is 2. The van der Waals surface area contributed by atoms with Gasteiger partial charge in [-0.3, -0.25) is 4.79 Å². The Hall–Kier alpha value is -3.92. The fourth-order valence-corrected chi connectivity index (χ4v) is 5.75. The zero-order valence-corrected chi connectivity index (χ0v) is 19.7. The van der Waals surface area contributed by atoms with E-state index in [0.717, 1.165) is 53.9 Å².